The average molecular weight is 296 g/mol. The van der Waals surface area contributed by atoms with Crippen LogP contribution in [-0.2, 0) is 6.42 Å². The summed E-state index contributed by atoms with van der Waals surface area (Å²) in [7, 11) is 1.76. The highest BCUT2D eigenvalue weighted by atomic mass is 35.5. The van der Waals surface area contributed by atoms with Crippen LogP contribution in [0.4, 0.5) is 8.78 Å². The molecule has 1 unspecified atom stereocenters. The molecule has 20 heavy (non-hydrogen) atoms. The van der Waals surface area contributed by atoms with Crippen molar-refractivity contribution in [1.29, 1.82) is 0 Å². The molecule has 2 aromatic carbocycles. The van der Waals surface area contributed by atoms with Crippen molar-refractivity contribution >= 4 is 11.6 Å². The molecule has 4 heteroatoms. The van der Waals surface area contributed by atoms with Crippen molar-refractivity contribution < 1.29 is 8.78 Å². The van der Waals surface area contributed by atoms with E-state index in [1.54, 1.807) is 32.2 Å². The van der Waals surface area contributed by atoms with E-state index in [1.807, 2.05) is 6.07 Å². The minimum atomic E-state index is -0.342. The summed E-state index contributed by atoms with van der Waals surface area (Å²) in [6.45, 7) is 1.71. The maximum absolute atomic E-state index is 13.8. The Hall–Kier alpha value is -1.45. The van der Waals surface area contributed by atoms with Gasteiger partial charge in [-0.3, -0.25) is 0 Å². The molecule has 0 bridgehead atoms. The first kappa shape index (κ1) is 14.9. The number of halogens is 3. The molecule has 0 aliphatic carbocycles. The molecule has 2 rings (SSSR count). The zero-order valence-electron chi connectivity index (χ0n) is 11.4. The predicted molar refractivity (Wildman–Crippen MR) is 78.1 cm³/mol. The zero-order valence-corrected chi connectivity index (χ0v) is 12.1. The molecule has 0 aromatic heterocycles. The molecule has 1 nitrogen and oxygen atoms in total. The van der Waals surface area contributed by atoms with Gasteiger partial charge in [-0.15, -0.1) is 0 Å². The van der Waals surface area contributed by atoms with Gasteiger partial charge in [-0.05, 0) is 49.7 Å². The zero-order chi connectivity index (χ0) is 14.7. The molecule has 1 atom stereocenters. The van der Waals surface area contributed by atoms with Crippen molar-refractivity contribution in [3.05, 3.63) is 69.7 Å². The molecule has 0 heterocycles. The standard InChI is InChI=1S/C16H16ClF2N/c1-10-6-7-11(8-15(10)19)16(20-2)9-12-13(17)4-3-5-14(12)18/h3-8,16,20H,9H2,1-2H3. The van der Waals surface area contributed by atoms with Gasteiger partial charge in [-0.1, -0.05) is 29.8 Å². The van der Waals surface area contributed by atoms with Crippen LogP contribution in [0.1, 0.15) is 22.7 Å². The van der Waals surface area contributed by atoms with E-state index >= 15 is 0 Å². The van der Waals surface area contributed by atoms with Gasteiger partial charge in [0, 0.05) is 16.6 Å². The molecule has 0 aliphatic rings. The van der Waals surface area contributed by atoms with Gasteiger partial charge < -0.3 is 5.32 Å². The van der Waals surface area contributed by atoms with Crippen LogP contribution in [0.15, 0.2) is 36.4 Å². The summed E-state index contributed by atoms with van der Waals surface area (Å²) in [6, 6.07) is 9.45. The molecular formula is C16H16ClF2N. The molecule has 0 radical (unpaired) electrons. The van der Waals surface area contributed by atoms with Crippen LogP contribution >= 0.6 is 11.6 Å². The van der Waals surface area contributed by atoms with Gasteiger partial charge in [-0.2, -0.15) is 0 Å². The topological polar surface area (TPSA) is 12.0 Å². The Labute approximate surface area is 122 Å². The van der Waals surface area contributed by atoms with Gasteiger partial charge in [0.2, 0.25) is 0 Å². The molecule has 2 aromatic rings. The van der Waals surface area contributed by atoms with E-state index in [9.17, 15) is 8.78 Å². The fraction of sp³-hybridized carbons (Fsp3) is 0.250. The van der Waals surface area contributed by atoms with Gasteiger partial charge in [0.15, 0.2) is 0 Å². The van der Waals surface area contributed by atoms with Gasteiger partial charge >= 0.3 is 0 Å². The molecular weight excluding hydrogens is 280 g/mol. The fourth-order valence-corrected chi connectivity index (χ4v) is 2.38. The lowest BCUT2D eigenvalue weighted by atomic mass is 9.97. The monoisotopic (exact) mass is 295 g/mol. The second kappa shape index (κ2) is 6.33. The lowest BCUT2D eigenvalue weighted by Crippen LogP contribution is -2.19. The average Bonchev–Trinajstić information content (AvgIpc) is 2.42. The summed E-state index contributed by atoms with van der Waals surface area (Å²) in [5, 5.41) is 3.46. The second-order valence-corrected chi connectivity index (χ2v) is 5.16. The molecule has 0 amide bonds. The molecule has 106 valence electrons. The van der Waals surface area contributed by atoms with Crippen LogP contribution in [0.2, 0.25) is 5.02 Å². The Morgan fingerprint density at radius 3 is 2.50 bits per heavy atom. The van der Waals surface area contributed by atoms with Crippen LogP contribution in [0.5, 0.6) is 0 Å². The van der Waals surface area contributed by atoms with Gasteiger partial charge in [0.1, 0.15) is 11.6 Å². The smallest absolute Gasteiger partial charge is 0.127 e. The van der Waals surface area contributed by atoms with Crippen molar-refractivity contribution in [1.82, 2.24) is 5.32 Å². The van der Waals surface area contributed by atoms with E-state index < -0.39 is 0 Å². The summed E-state index contributed by atoms with van der Waals surface area (Å²) in [5.74, 6) is -0.604. The number of likely N-dealkylation sites (N-methyl/N-ethyl adjacent to an activating group) is 1. The number of hydrogen-bond acceptors (Lipinski definition) is 1. The predicted octanol–water partition coefficient (Wildman–Crippen LogP) is 4.43. The third kappa shape index (κ3) is 3.17. The maximum atomic E-state index is 13.8. The molecule has 0 saturated carbocycles. The van der Waals surface area contributed by atoms with Crippen LogP contribution in [-0.4, -0.2) is 7.05 Å². The summed E-state index contributed by atoms with van der Waals surface area (Å²) >= 11 is 6.03. The summed E-state index contributed by atoms with van der Waals surface area (Å²) < 4.78 is 27.5. The van der Waals surface area contributed by atoms with Crippen LogP contribution in [0.3, 0.4) is 0 Å². The highest BCUT2D eigenvalue weighted by Crippen LogP contribution is 2.26. The number of hydrogen-bond donors (Lipinski definition) is 1. The Bertz CT molecular complexity index is 593. The Morgan fingerprint density at radius 2 is 1.90 bits per heavy atom. The molecule has 0 saturated heterocycles. The second-order valence-electron chi connectivity index (χ2n) is 4.75. The maximum Gasteiger partial charge on any atom is 0.127 e. The Morgan fingerprint density at radius 1 is 1.15 bits per heavy atom. The molecule has 0 fully saturated rings. The normalized spacial score (nSPS) is 12.4. The molecule has 0 spiro atoms. The largest absolute Gasteiger partial charge is 0.313 e. The lowest BCUT2D eigenvalue weighted by molar-refractivity contribution is 0.548. The van der Waals surface area contributed by atoms with E-state index in [0.717, 1.165) is 5.56 Å². The lowest BCUT2D eigenvalue weighted by Gasteiger charge is -2.18. The number of nitrogens with one attached hydrogen (secondary N) is 1. The summed E-state index contributed by atoms with van der Waals surface area (Å²) in [5.41, 5.74) is 1.80. The first-order valence-electron chi connectivity index (χ1n) is 6.39. The van der Waals surface area contributed by atoms with Crippen LogP contribution in [0, 0.1) is 18.6 Å². The first-order valence-corrected chi connectivity index (χ1v) is 6.77. The highest BCUT2D eigenvalue weighted by molar-refractivity contribution is 6.31. The Balaban J connectivity index is 2.31. The van der Waals surface area contributed by atoms with Gasteiger partial charge in [0.05, 0.1) is 0 Å². The molecule has 1 N–H and O–H groups in total. The van der Waals surface area contributed by atoms with Gasteiger partial charge in [0.25, 0.3) is 0 Å². The highest BCUT2D eigenvalue weighted by Gasteiger charge is 2.16. The van der Waals surface area contributed by atoms with Gasteiger partial charge in [-0.25, -0.2) is 8.78 Å². The van der Waals surface area contributed by atoms with E-state index in [-0.39, 0.29) is 17.7 Å². The number of benzene rings is 2. The van der Waals surface area contributed by atoms with Crippen molar-refractivity contribution in [3.63, 3.8) is 0 Å². The number of aryl methyl sites for hydroxylation is 1. The Kier molecular flexibility index (Phi) is 4.73. The SMILES string of the molecule is CNC(Cc1c(F)cccc1Cl)c1ccc(C)c(F)c1. The third-order valence-electron chi connectivity index (χ3n) is 3.42. The first-order chi connectivity index (χ1) is 9.52. The summed E-state index contributed by atoms with van der Waals surface area (Å²) in [4.78, 5) is 0. The van der Waals surface area contributed by atoms with E-state index in [4.69, 9.17) is 11.6 Å². The van der Waals surface area contributed by atoms with Crippen molar-refractivity contribution in [2.45, 2.75) is 19.4 Å². The number of rotatable bonds is 4. The fourth-order valence-electron chi connectivity index (χ4n) is 2.14. The quantitative estimate of drug-likeness (QED) is 0.880. The van der Waals surface area contributed by atoms with E-state index in [1.165, 1.54) is 12.1 Å². The van der Waals surface area contributed by atoms with E-state index in [0.29, 0.717) is 22.6 Å². The summed E-state index contributed by atoms with van der Waals surface area (Å²) in [6.07, 6.45) is 0.366. The molecule has 0 aliphatic heterocycles. The minimum absolute atomic E-state index is 0.195. The van der Waals surface area contributed by atoms with E-state index in [2.05, 4.69) is 5.32 Å². The van der Waals surface area contributed by atoms with Crippen molar-refractivity contribution in [3.8, 4) is 0 Å². The van der Waals surface area contributed by atoms with Crippen molar-refractivity contribution in [2.24, 2.45) is 0 Å². The van der Waals surface area contributed by atoms with Crippen LogP contribution in [0.25, 0.3) is 0 Å². The minimum Gasteiger partial charge on any atom is -0.313 e. The third-order valence-corrected chi connectivity index (χ3v) is 3.77. The van der Waals surface area contributed by atoms with Crippen molar-refractivity contribution in [2.75, 3.05) is 7.05 Å². The van der Waals surface area contributed by atoms with Crippen LogP contribution < -0.4 is 5.32 Å².